The summed E-state index contributed by atoms with van der Waals surface area (Å²) in [6.07, 6.45) is 0.377. The normalized spacial score (nSPS) is 11.1. The van der Waals surface area contributed by atoms with Crippen molar-refractivity contribution in [1.82, 2.24) is 10.6 Å². The molecule has 0 fully saturated rings. The van der Waals surface area contributed by atoms with Crippen LogP contribution in [-0.4, -0.2) is 36.4 Å². The molecule has 4 amide bonds. The number of primary amides is 1. The number of benzene rings is 2. The van der Waals surface area contributed by atoms with E-state index in [0.717, 1.165) is 5.56 Å². The summed E-state index contributed by atoms with van der Waals surface area (Å²) in [5.41, 5.74) is 6.42. The third-order valence-corrected chi connectivity index (χ3v) is 4.44. The van der Waals surface area contributed by atoms with Gasteiger partial charge in [0.2, 0.25) is 17.7 Å². The number of nitrogens with two attached hydrogens (primary N) is 1. The molecule has 5 N–H and O–H groups in total. The number of hydrogen-bond donors (Lipinski definition) is 4. The molecule has 0 radical (unpaired) electrons. The van der Waals surface area contributed by atoms with Crippen LogP contribution >= 0.6 is 0 Å². The van der Waals surface area contributed by atoms with E-state index in [-0.39, 0.29) is 18.9 Å². The smallest absolute Gasteiger partial charge is 0.408 e. The van der Waals surface area contributed by atoms with Crippen LogP contribution in [0.1, 0.15) is 31.2 Å². The van der Waals surface area contributed by atoms with Gasteiger partial charge in [-0.2, -0.15) is 0 Å². The lowest BCUT2D eigenvalue weighted by Gasteiger charge is -2.18. The van der Waals surface area contributed by atoms with Gasteiger partial charge in [0.05, 0.1) is 0 Å². The Morgan fingerprint density at radius 2 is 1.56 bits per heavy atom. The zero-order chi connectivity index (χ0) is 23.2. The van der Waals surface area contributed by atoms with Gasteiger partial charge < -0.3 is 26.4 Å². The molecule has 2 aromatic rings. The van der Waals surface area contributed by atoms with Gasteiger partial charge in [0, 0.05) is 12.2 Å². The fraction of sp³-hybridized carbons (Fsp3) is 0.304. The summed E-state index contributed by atoms with van der Waals surface area (Å²) in [5, 5.41) is 7.97. The lowest BCUT2D eigenvalue weighted by atomic mass is 10.1. The van der Waals surface area contributed by atoms with Crippen molar-refractivity contribution >= 4 is 29.5 Å². The molecule has 2 aromatic carbocycles. The minimum absolute atomic E-state index is 0.0889. The number of ether oxygens (including phenoxy) is 1. The highest BCUT2D eigenvalue weighted by molar-refractivity contribution is 5.96. The van der Waals surface area contributed by atoms with E-state index in [4.69, 9.17) is 10.5 Å². The van der Waals surface area contributed by atoms with Gasteiger partial charge in [0.15, 0.2) is 0 Å². The average Bonchev–Trinajstić information content (AvgIpc) is 2.77. The maximum atomic E-state index is 12.7. The van der Waals surface area contributed by atoms with Crippen LogP contribution in [-0.2, 0) is 25.7 Å². The van der Waals surface area contributed by atoms with E-state index in [1.807, 2.05) is 36.4 Å². The zero-order valence-corrected chi connectivity index (χ0v) is 17.7. The lowest BCUT2D eigenvalue weighted by Crippen LogP contribution is -2.44. The Morgan fingerprint density at radius 1 is 0.906 bits per heavy atom. The van der Waals surface area contributed by atoms with Gasteiger partial charge in [-0.25, -0.2) is 4.79 Å². The first kappa shape index (κ1) is 24.4. The summed E-state index contributed by atoms with van der Waals surface area (Å²) in [6, 6.07) is 17.3. The summed E-state index contributed by atoms with van der Waals surface area (Å²) in [5.74, 6) is -1.51. The molecule has 0 saturated heterocycles. The maximum Gasteiger partial charge on any atom is 0.408 e. The summed E-state index contributed by atoms with van der Waals surface area (Å²) in [6.45, 7) is 0.420. The van der Waals surface area contributed by atoms with Gasteiger partial charge in [-0.05, 0) is 37.0 Å². The predicted molar refractivity (Wildman–Crippen MR) is 119 cm³/mol. The Hall–Kier alpha value is -3.88. The molecule has 1 atom stereocenters. The van der Waals surface area contributed by atoms with Crippen LogP contribution in [0, 0.1) is 0 Å². The summed E-state index contributed by atoms with van der Waals surface area (Å²) in [4.78, 5) is 47.1. The molecule has 0 saturated carbocycles. The molecule has 2 rings (SSSR count). The van der Waals surface area contributed by atoms with Crippen molar-refractivity contribution in [3.05, 3.63) is 66.2 Å². The van der Waals surface area contributed by atoms with Gasteiger partial charge in [-0.1, -0.05) is 48.5 Å². The van der Waals surface area contributed by atoms with E-state index >= 15 is 0 Å². The van der Waals surface area contributed by atoms with Crippen LogP contribution in [0.25, 0.3) is 0 Å². The second-order valence-corrected chi connectivity index (χ2v) is 7.10. The number of hydrogen-bond acceptors (Lipinski definition) is 5. The van der Waals surface area contributed by atoms with Gasteiger partial charge in [-0.15, -0.1) is 0 Å². The van der Waals surface area contributed by atoms with E-state index < -0.39 is 23.9 Å². The topological polar surface area (TPSA) is 140 Å². The number of nitrogens with one attached hydrogen (secondary N) is 3. The number of rotatable bonds is 12. The highest BCUT2D eigenvalue weighted by Gasteiger charge is 2.21. The molecule has 0 aromatic heterocycles. The molecule has 0 aliphatic heterocycles. The third kappa shape index (κ3) is 9.75. The van der Waals surface area contributed by atoms with Crippen molar-refractivity contribution in [3.63, 3.8) is 0 Å². The van der Waals surface area contributed by atoms with Crippen molar-refractivity contribution < 1.29 is 23.9 Å². The number of carbonyl (C=O) groups excluding carboxylic acids is 4. The third-order valence-electron chi connectivity index (χ3n) is 4.44. The van der Waals surface area contributed by atoms with E-state index in [9.17, 15) is 19.2 Å². The molecule has 0 aliphatic rings. The van der Waals surface area contributed by atoms with Crippen LogP contribution in [0.3, 0.4) is 0 Å². The van der Waals surface area contributed by atoms with E-state index in [2.05, 4.69) is 16.0 Å². The highest BCUT2D eigenvalue weighted by atomic mass is 16.5. The van der Waals surface area contributed by atoms with Gasteiger partial charge in [0.25, 0.3) is 0 Å². The minimum Gasteiger partial charge on any atom is -0.445 e. The van der Waals surface area contributed by atoms with Crippen molar-refractivity contribution in [2.45, 2.75) is 38.3 Å². The second kappa shape index (κ2) is 13.4. The van der Waals surface area contributed by atoms with Gasteiger partial charge in [-0.3, -0.25) is 14.4 Å². The van der Waals surface area contributed by atoms with Crippen LogP contribution in [0.2, 0.25) is 0 Å². The predicted octanol–water partition coefficient (Wildman–Crippen LogP) is 2.08. The Labute approximate surface area is 186 Å². The SMILES string of the molecule is NC(=O)CC(=O)NCCCC[C@H](NC(=O)OCc1ccccc1)C(=O)Nc1ccccc1. The molecule has 0 heterocycles. The van der Waals surface area contributed by atoms with E-state index in [1.54, 1.807) is 24.3 Å². The lowest BCUT2D eigenvalue weighted by molar-refractivity contribution is -0.127. The van der Waals surface area contributed by atoms with Gasteiger partial charge >= 0.3 is 6.09 Å². The van der Waals surface area contributed by atoms with Gasteiger partial charge in [0.1, 0.15) is 19.1 Å². The first-order chi connectivity index (χ1) is 15.4. The molecule has 9 heteroatoms. The van der Waals surface area contributed by atoms with Crippen LogP contribution in [0.15, 0.2) is 60.7 Å². The quantitative estimate of drug-likeness (QED) is 0.296. The molecule has 0 spiro atoms. The Kier molecular flexibility index (Phi) is 10.2. The Balaban J connectivity index is 1.85. The maximum absolute atomic E-state index is 12.7. The molecule has 9 nitrogen and oxygen atoms in total. The largest absolute Gasteiger partial charge is 0.445 e. The first-order valence-electron chi connectivity index (χ1n) is 10.3. The molecule has 170 valence electrons. The van der Waals surface area contributed by atoms with E-state index in [1.165, 1.54) is 0 Å². The fourth-order valence-corrected chi connectivity index (χ4v) is 2.85. The summed E-state index contributed by atoms with van der Waals surface area (Å²) in [7, 11) is 0. The van der Waals surface area contributed by atoms with E-state index in [0.29, 0.717) is 31.5 Å². The highest BCUT2D eigenvalue weighted by Crippen LogP contribution is 2.09. The number of alkyl carbamates (subject to hydrolysis) is 1. The molecular weight excluding hydrogens is 412 g/mol. The van der Waals surface area contributed by atoms with Crippen molar-refractivity contribution in [2.24, 2.45) is 5.73 Å². The Bertz CT molecular complexity index is 890. The van der Waals surface area contributed by atoms with Crippen molar-refractivity contribution in [3.8, 4) is 0 Å². The van der Waals surface area contributed by atoms with Crippen LogP contribution < -0.4 is 21.7 Å². The standard InChI is InChI=1S/C23H28N4O5/c24-20(28)15-21(29)25-14-8-7-13-19(22(30)26-18-11-5-2-6-12-18)27-23(31)32-16-17-9-3-1-4-10-17/h1-6,9-12,19H,7-8,13-16H2,(H2,24,28)(H,25,29)(H,26,30)(H,27,31)/t19-/m0/s1. The van der Waals surface area contributed by atoms with Crippen LogP contribution in [0.5, 0.6) is 0 Å². The molecule has 0 aliphatic carbocycles. The average molecular weight is 441 g/mol. The number of amides is 4. The molecule has 0 unspecified atom stereocenters. The Morgan fingerprint density at radius 3 is 2.22 bits per heavy atom. The molecule has 32 heavy (non-hydrogen) atoms. The van der Waals surface area contributed by atoms with Crippen molar-refractivity contribution in [1.29, 1.82) is 0 Å². The molecule has 0 bridgehead atoms. The second-order valence-electron chi connectivity index (χ2n) is 7.10. The number of para-hydroxylation sites is 1. The monoisotopic (exact) mass is 440 g/mol. The summed E-state index contributed by atoms with van der Waals surface area (Å²) >= 11 is 0. The first-order valence-corrected chi connectivity index (χ1v) is 10.3. The zero-order valence-electron chi connectivity index (χ0n) is 17.7. The molecular formula is C23H28N4O5. The number of carbonyl (C=O) groups is 4. The van der Waals surface area contributed by atoms with Crippen LogP contribution in [0.4, 0.5) is 10.5 Å². The minimum atomic E-state index is -0.820. The fourth-order valence-electron chi connectivity index (χ4n) is 2.85. The number of anilines is 1. The number of unbranched alkanes of at least 4 members (excludes halogenated alkanes) is 1. The summed E-state index contributed by atoms with van der Waals surface area (Å²) < 4.78 is 5.22. The van der Waals surface area contributed by atoms with Crippen molar-refractivity contribution in [2.75, 3.05) is 11.9 Å².